The van der Waals surface area contributed by atoms with Crippen LogP contribution in [0.1, 0.15) is 11.3 Å². The molecular formula is C20H17N3. The fourth-order valence-corrected chi connectivity index (χ4v) is 3.62. The van der Waals surface area contributed by atoms with Crippen molar-refractivity contribution in [2.45, 2.75) is 13.0 Å². The molecule has 1 N–H and O–H groups in total. The van der Waals surface area contributed by atoms with E-state index in [-0.39, 0.29) is 0 Å². The topological polar surface area (TPSA) is 31.9 Å². The first-order valence-electron chi connectivity index (χ1n) is 8.08. The van der Waals surface area contributed by atoms with E-state index < -0.39 is 0 Å². The molecule has 3 heteroatoms. The fraction of sp³-hybridized carbons (Fsp3) is 0.150. The van der Waals surface area contributed by atoms with E-state index in [9.17, 15) is 0 Å². The lowest BCUT2D eigenvalue weighted by molar-refractivity contribution is 0.715. The smallest absolute Gasteiger partial charge is 0.129 e. The summed E-state index contributed by atoms with van der Waals surface area (Å²) in [5.74, 6) is 1.06. The van der Waals surface area contributed by atoms with Gasteiger partial charge in [-0.05, 0) is 36.2 Å². The lowest BCUT2D eigenvalue weighted by Gasteiger charge is -2.28. The number of nitrogens with one attached hydrogen (secondary N) is 1. The summed E-state index contributed by atoms with van der Waals surface area (Å²) in [5.41, 5.74) is 5.10. The molecule has 0 spiro atoms. The van der Waals surface area contributed by atoms with E-state index in [0.717, 1.165) is 30.8 Å². The number of fused-ring (bicyclic) bond motifs is 4. The number of H-pyrrole nitrogens is 1. The van der Waals surface area contributed by atoms with Crippen molar-refractivity contribution in [1.29, 1.82) is 0 Å². The number of aromatic nitrogens is 2. The highest BCUT2D eigenvalue weighted by Crippen LogP contribution is 2.29. The number of benzene rings is 2. The van der Waals surface area contributed by atoms with Crippen LogP contribution >= 0.6 is 0 Å². The van der Waals surface area contributed by atoms with Crippen molar-refractivity contribution in [3.63, 3.8) is 0 Å². The summed E-state index contributed by atoms with van der Waals surface area (Å²) < 4.78 is 0. The van der Waals surface area contributed by atoms with Crippen molar-refractivity contribution in [3.05, 3.63) is 71.9 Å². The molecule has 0 fully saturated rings. The van der Waals surface area contributed by atoms with Crippen LogP contribution in [-0.4, -0.2) is 16.5 Å². The number of pyridine rings is 1. The summed E-state index contributed by atoms with van der Waals surface area (Å²) in [4.78, 5) is 10.8. The average molecular weight is 299 g/mol. The van der Waals surface area contributed by atoms with Crippen LogP contribution in [0, 0.1) is 0 Å². The third kappa shape index (κ3) is 2.00. The van der Waals surface area contributed by atoms with Gasteiger partial charge < -0.3 is 9.88 Å². The molecule has 4 aromatic rings. The molecule has 0 amide bonds. The largest absolute Gasteiger partial charge is 0.357 e. The molecule has 0 bridgehead atoms. The average Bonchev–Trinajstić information content (AvgIpc) is 2.99. The molecule has 0 saturated heterocycles. The van der Waals surface area contributed by atoms with Crippen molar-refractivity contribution in [2.24, 2.45) is 0 Å². The summed E-state index contributed by atoms with van der Waals surface area (Å²) in [6.07, 6.45) is 1.06. The van der Waals surface area contributed by atoms with Crippen molar-refractivity contribution in [2.75, 3.05) is 11.4 Å². The van der Waals surface area contributed by atoms with Gasteiger partial charge in [-0.25, -0.2) is 4.98 Å². The zero-order chi connectivity index (χ0) is 15.2. The Balaban J connectivity index is 1.54. The van der Waals surface area contributed by atoms with E-state index in [0.29, 0.717) is 0 Å². The van der Waals surface area contributed by atoms with Crippen LogP contribution in [0.4, 0.5) is 5.82 Å². The number of anilines is 1. The van der Waals surface area contributed by atoms with E-state index in [1.165, 1.54) is 27.5 Å². The van der Waals surface area contributed by atoms with Gasteiger partial charge in [0.05, 0.1) is 12.1 Å². The van der Waals surface area contributed by atoms with Gasteiger partial charge in [-0.3, -0.25) is 0 Å². The lowest BCUT2D eigenvalue weighted by atomic mass is 10.0. The van der Waals surface area contributed by atoms with E-state index in [1.807, 2.05) is 6.07 Å². The Morgan fingerprint density at radius 2 is 1.78 bits per heavy atom. The lowest BCUT2D eigenvalue weighted by Crippen LogP contribution is -2.30. The molecule has 0 unspecified atom stereocenters. The first-order chi connectivity index (χ1) is 11.4. The quantitative estimate of drug-likeness (QED) is 0.569. The minimum absolute atomic E-state index is 0.898. The minimum Gasteiger partial charge on any atom is -0.357 e. The van der Waals surface area contributed by atoms with Crippen molar-refractivity contribution in [1.82, 2.24) is 9.97 Å². The molecule has 112 valence electrons. The number of hydrogen-bond donors (Lipinski definition) is 1. The molecule has 0 atom stereocenters. The summed E-state index contributed by atoms with van der Waals surface area (Å²) in [6.45, 7) is 1.91. The molecule has 2 aromatic carbocycles. The number of para-hydroxylation sites is 2. The summed E-state index contributed by atoms with van der Waals surface area (Å²) >= 11 is 0. The number of nitrogens with zero attached hydrogens (tertiary/aromatic N) is 2. The summed E-state index contributed by atoms with van der Waals surface area (Å²) in [7, 11) is 0. The molecule has 2 aromatic heterocycles. The second kappa shape index (κ2) is 4.85. The summed E-state index contributed by atoms with van der Waals surface area (Å²) in [5, 5.41) is 2.56. The maximum Gasteiger partial charge on any atom is 0.129 e. The number of hydrogen-bond acceptors (Lipinski definition) is 2. The van der Waals surface area contributed by atoms with Crippen LogP contribution in [0.2, 0.25) is 0 Å². The van der Waals surface area contributed by atoms with Gasteiger partial charge in [0.2, 0.25) is 0 Å². The Morgan fingerprint density at radius 1 is 0.913 bits per heavy atom. The van der Waals surface area contributed by atoms with E-state index in [1.54, 1.807) is 0 Å². The van der Waals surface area contributed by atoms with Gasteiger partial charge in [0.25, 0.3) is 0 Å². The maximum absolute atomic E-state index is 4.84. The highest BCUT2D eigenvalue weighted by atomic mass is 15.2. The SMILES string of the molecule is c1ccc2nc(N3CCc4c([nH]c5ccccc45)C3)ccc2c1. The monoisotopic (exact) mass is 299 g/mol. The Labute approximate surface area is 134 Å². The van der Waals surface area contributed by atoms with Crippen LogP contribution in [0.15, 0.2) is 60.7 Å². The molecule has 0 aliphatic carbocycles. The van der Waals surface area contributed by atoms with Crippen LogP contribution in [0.3, 0.4) is 0 Å². The maximum atomic E-state index is 4.84. The third-order valence-electron chi connectivity index (χ3n) is 4.79. The van der Waals surface area contributed by atoms with E-state index in [4.69, 9.17) is 4.98 Å². The first kappa shape index (κ1) is 12.7. The second-order valence-corrected chi connectivity index (χ2v) is 6.16. The van der Waals surface area contributed by atoms with E-state index in [2.05, 4.69) is 64.5 Å². The predicted molar refractivity (Wildman–Crippen MR) is 94.8 cm³/mol. The highest BCUT2D eigenvalue weighted by Gasteiger charge is 2.21. The van der Waals surface area contributed by atoms with Gasteiger partial charge in [-0.15, -0.1) is 0 Å². The Kier molecular flexibility index (Phi) is 2.68. The van der Waals surface area contributed by atoms with Gasteiger partial charge >= 0.3 is 0 Å². The molecule has 23 heavy (non-hydrogen) atoms. The van der Waals surface area contributed by atoms with Gasteiger partial charge in [0.15, 0.2) is 0 Å². The fourth-order valence-electron chi connectivity index (χ4n) is 3.62. The van der Waals surface area contributed by atoms with Gasteiger partial charge in [-0.1, -0.05) is 36.4 Å². The third-order valence-corrected chi connectivity index (χ3v) is 4.79. The Bertz CT molecular complexity index is 1020. The minimum atomic E-state index is 0.898. The molecule has 0 radical (unpaired) electrons. The van der Waals surface area contributed by atoms with Gasteiger partial charge in [-0.2, -0.15) is 0 Å². The summed E-state index contributed by atoms with van der Waals surface area (Å²) in [6, 6.07) is 21.2. The van der Waals surface area contributed by atoms with Gasteiger partial charge in [0, 0.05) is 28.5 Å². The van der Waals surface area contributed by atoms with Crippen LogP contribution < -0.4 is 4.90 Å². The van der Waals surface area contributed by atoms with Crippen LogP contribution in [0.5, 0.6) is 0 Å². The Hall–Kier alpha value is -2.81. The first-order valence-corrected chi connectivity index (χ1v) is 8.08. The highest BCUT2D eigenvalue weighted by molar-refractivity contribution is 5.85. The zero-order valence-electron chi connectivity index (χ0n) is 12.8. The van der Waals surface area contributed by atoms with Crippen LogP contribution in [-0.2, 0) is 13.0 Å². The molecule has 1 aliphatic heterocycles. The van der Waals surface area contributed by atoms with Crippen molar-refractivity contribution < 1.29 is 0 Å². The van der Waals surface area contributed by atoms with E-state index >= 15 is 0 Å². The molecule has 3 nitrogen and oxygen atoms in total. The molecule has 1 aliphatic rings. The number of rotatable bonds is 1. The normalized spacial score (nSPS) is 14.3. The van der Waals surface area contributed by atoms with Crippen molar-refractivity contribution in [3.8, 4) is 0 Å². The molecule has 5 rings (SSSR count). The molecular weight excluding hydrogens is 282 g/mol. The second-order valence-electron chi connectivity index (χ2n) is 6.16. The molecule has 0 saturated carbocycles. The Morgan fingerprint density at radius 3 is 2.78 bits per heavy atom. The molecule has 3 heterocycles. The van der Waals surface area contributed by atoms with Gasteiger partial charge in [0.1, 0.15) is 5.82 Å². The van der Waals surface area contributed by atoms with Crippen LogP contribution in [0.25, 0.3) is 21.8 Å². The number of aromatic amines is 1. The standard InChI is InChI=1S/C20H17N3/c1-3-7-17-14(5-1)9-10-20(22-17)23-12-11-16-15-6-2-4-8-18(15)21-19(16)13-23/h1-10,21H,11-13H2. The zero-order valence-corrected chi connectivity index (χ0v) is 12.8. The van der Waals surface area contributed by atoms with Crippen molar-refractivity contribution >= 4 is 27.6 Å². The predicted octanol–water partition coefficient (Wildman–Crippen LogP) is 4.28.